The van der Waals surface area contributed by atoms with Crippen molar-refractivity contribution >= 4 is 43.5 Å². The highest BCUT2D eigenvalue weighted by molar-refractivity contribution is 9.10. The lowest BCUT2D eigenvalue weighted by Gasteiger charge is -1.87. The summed E-state index contributed by atoms with van der Waals surface area (Å²) in [4.78, 5) is 15.1. The summed E-state index contributed by atoms with van der Waals surface area (Å²) >= 11 is 4.46. The molecule has 0 amide bonds. The number of rotatable bonds is 1. The smallest absolute Gasteiger partial charge is 0.345 e. The Morgan fingerprint density at radius 2 is 2.31 bits per heavy atom. The highest BCUT2D eigenvalue weighted by atomic mass is 79.9. The summed E-state index contributed by atoms with van der Waals surface area (Å²) in [6.07, 6.45) is 0. The van der Waals surface area contributed by atoms with Crippen LogP contribution in [0.3, 0.4) is 0 Å². The molecule has 1 N–H and O–H groups in total. The third-order valence-corrected chi connectivity index (χ3v) is 3.07. The van der Waals surface area contributed by atoms with E-state index in [-0.39, 0.29) is 0 Å². The molecule has 0 atom stereocenters. The van der Waals surface area contributed by atoms with Crippen LogP contribution in [0.5, 0.6) is 0 Å². The van der Waals surface area contributed by atoms with E-state index in [2.05, 4.69) is 20.9 Å². The van der Waals surface area contributed by atoms with Gasteiger partial charge in [-0.2, -0.15) is 0 Å². The predicted octanol–water partition coefficient (Wildman–Crippen LogP) is 2.76. The Bertz CT molecular complexity index is 480. The second-order valence-corrected chi connectivity index (χ2v) is 4.33. The standard InChI is InChI=1S/C8H4BrNO2S/c9-7-2-1-5-4(10-7)3-6(13-5)8(11)12/h1-3H,(H,11,12). The van der Waals surface area contributed by atoms with Gasteiger partial charge in [0, 0.05) is 0 Å². The largest absolute Gasteiger partial charge is 0.477 e. The molecule has 0 saturated heterocycles. The first kappa shape index (κ1) is 8.65. The molecule has 3 nitrogen and oxygen atoms in total. The Kier molecular flexibility index (Phi) is 2.05. The molecule has 0 aromatic carbocycles. The lowest BCUT2D eigenvalue weighted by Crippen LogP contribution is -1.89. The third-order valence-electron chi connectivity index (χ3n) is 1.55. The molecule has 13 heavy (non-hydrogen) atoms. The summed E-state index contributed by atoms with van der Waals surface area (Å²) in [5.74, 6) is -0.904. The van der Waals surface area contributed by atoms with E-state index in [0.29, 0.717) is 4.88 Å². The lowest BCUT2D eigenvalue weighted by molar-refractivity contribution is 0.0702. The average molecular weight is 258 g/mol. The zero-order valence-corrected chi connectivity index (χ0v) is 8.72. The molecule has 0 aliphatic rings. The predicted molar refractivity (Wildman–Crippen MR) is 54.3 cm³/mol. The van der Waals surface area contributed by atoms with Gasteiger partial charge in [-0.15, -0.1) is 11.3 Å². The van der Waals surface area contributed by atoms with Gasteiger partial charge in [-0.05, 0) is 34.1 Å². The Hall–Kier alpha value is -0.940. The van der Waals surface area contributed by atoms with Gasteiger partial charge < -0.3 is 5.11 Å². The molecule has 2 rings (SSSR count). The van der Waals surface area contributed by atoms with Gasteiger partial charge >= 0.3 is 5.97 Å². The SMILES string of the molecule is O=C(O)c1cc2nc(Br)ccc2s1. The van der Waals surface area contributed by atoms with Gasteiger partial charge in [0.05, 0.1) is 10.2 Å². The molecular weight excluding hydrogens is 254 g/mol. The normalized spacial score (nSPS) is 10.5. The molecule has 2 aromatic rings. The number of nitrogens with zero attached hydrogens (tertiary/aromatic N) is 1. The second-order valence-electron chi connectivity index (χ2n) is 2.43. The molecule has 0 spiro atoms. The number of halogens is 1. The van der Waals surface area contributed by atoms with Crippen molar-refractivity contribution in [3.05, 3.63) is 27.7 Å². The van der Waals surface area contributed by atoms with E-state index in [9.17, 15) is 4.79 Å². The van der Waals surface area contributed by atoms with Crippen LogP contribution in [0.1, 0.15) is 9.67 Å². The van der Waals surface area contributed by atoms with Gasteiger partial charge in [0.25, 0.3) is 0 Å². The molecule has 0 aliphatic heterocycles. The number of carboxylic acids is 1. The average Bonchev–Trinajstić information content (AvgIpc) is 2.46. The van der Waals surface area contributed by atoms with Crippen molar-refractivity contribution in [1.82, 2.24) is 4.98 Å². The van der Waals surface area contributed by atoms with Crippen LogP contribution >= 0.6 is 27.3 Å². The lowest BCUT2D eigenvalue weighted by atomic mass is 10.4. The van der Waals surface area contributed by atoms with E-state index in [1.807, 2.05) is 6.07 Å². The quantitative estimate of drug-likeness (QED) is 0.800. The fourth-order valence-electron chi connectivity index (χ4n) is 1.00. The molecule has 0 bridgehead atoms. The highest BCUT2D eigenvalue weighted by Gasteiger charge is 2.08. The minimum atomic E-state index is -0.904. The van der Waals surface area contributed by atoms with Gasteiger partial charge in [-0.25, -0.2) is 9.78 Å². The van der Waals surface area contributed by atoms with Gasteiger partial charge in [-0.1, -0.05) is 0 Å². The van der Waals surface area contributed by atoms with Crippen molar-refractivity contribution in [3.8, 4) is 0 Å². The van der Waals surface area contributed by atoms with E-state index in [1.165, 1.54) is 11.3 Å². The van der Waals surface area contributed by atoms with Crippen molar-refractivity contribution in [3.63, 3.8) is 0 Å². The van der Waals surface area contributed by atoms with Gasteiger partial charge in [0.15, 0.2) is 0 Å². The van der Waals surface area contributed by atoms with Crippen LogP contribution in [0.4, 0.5) is 0 Å². The maximum atomic E-state index is 10.6. The molecule has 0 unspecified atom stereocenters. The van der Waals surface area contributed by atoms with E-state index in [4.69, 9.17) is 5.11 Å². The summed E-state index contributed by atoms with van der Waals surface area (Å²) in [5, 5.41) is 8.73. The van der Waals surface area contributed by atoms with E-state index in [1.54, 1.807) is 12.1 Å². The van der Waals surface area contributed by atoms with Crippen molar-refractivity contribution in [2.24, 2.45) is 0 Å². The number of aromatic carboxylic acids is 1. The number of carboxylic acid groups (broad SMARTS) is 1. The molecule has 0 saturated carbocycles. The summed E-state index contributed by atoms with van der Waals surface area (Å²) in [5.41, 5.74) is 0.719. The fraction of sp³-hybridized carbons (Fsp3) is 0. The number of pyridine rings is 1. The number of aromatic nitrogens is 1. The van der Waals surface area contributed by atoms with Crippen LogP contribution in [0.25, 0.3) is 10.2 Å². The van der Waals surface area contributed by atoms with Gasteiger partial charge in [0.1, 0.15) is 9.48 Å². The summed E-state index contributed by atoms with van der Waals surface area (Å²) in [6.45, 7) is 0. The van der Waals surface area contributed by atoms with Crippen LogP contribution in [0.15, 0.2) is 22.8 Å². The zero-order chi connectivity index (χ0) is 9.42. The zero-order valence-electron chi connectivity index (χ0n) is 6.32. The minimum absolute atomic E-state index is 0.320. The number of hydrogen-bond donors (Lipinski definition) is 1. The minimum Gasteiger partial charge on any atom is -0.477 e. The van der Waals surface area contributed by atoms with Crippen LogP contribution in [0, 0.1) is 0 Å². The first-order chi connectivity index (χ1) is 6.16. The second kappa shape index (κ2) is 3.08. The van der Waals surface area contributed by atoms with Crippen molar-refractivity contribution < 1.29 is 9.90 Å². The Labute approximate surface area is 86.2 Å². The van der Waals surface area contributed by atoms with E-state index < -0.39 is 5.97 Å². The molecule has 5 heteroatoms. The first-order valence-electron chi connectivity index (χ1n) is 3.46. The van der Waals surface area contributed by atoms with Crippen LogP contribution in [0.2, 0.25) is 0 Å². The number of carbonyl (C=O) groups is 1. The van der Waals surface area contributed by atoms with Gasteiger partial charge in [0.2, 0.25) is 0 Å². The summed E-state index contributed by atoms with van der Waals surface area (Å²) < 4.78 is 1.61. The monoisotopic (exact) mass is 257 g/mol. The maximum Gasteiger partial charge on any atom is 0.345 e. The van der Waals surface area contributed by atoms with E-state index >= 15 is 0 Å². The third kappa shape index (κ3) is 1.57. The summed E-state index contributed by atoms with van der Waals surface area (Å²) in [6, 6.07) is 5.22. The van der Waals surface area contributed by atoms with Crippen LogP contribution in [-0.4, -0.2) is 16.1 Å². The first-order valence-corrected chi connectivity index (χ1v) is 5.07. The van der Waals surface area contributed by atoms with Crippen LogP contribution in [-0.2, 0) is 0 Å². The molecule has 66 valence electrons. The molecular formula is C8H4BrNO2S. The van der Waals surface area contributed by atoms with Crippen LogP contribution < -0.4 is 0 Å². The Balaban J connectivity index is 2.68. The van der Waals surface area contributed by atoms with Crippen molar-refractivity contribution in [2.45, 2.75) is 0 Å². The van der Waals surface area contributed by atoms with E-state index in [0.717, 1.165) is 14.8 Å². The fourth-order valence-corrected chi connectivity index (χ4v) is 2.17. The Morgan fingerprint density at radius 1 is 1.54 bits per heavy atom. The molecule has 2 heterocycles. The maximum absolute atomic E-state index is 10.6. The number of hydrogen-bond acceptors (Lipinski definition) is 3. The number of fused-ring (bicyclic) bond motifs is 1. The van der Waals surface area contributed by atoms with Crippen molar-refractivity contribution in [1.29, 1.82) is 0 Å². The molecule has 2 aromatic heterocycles. The molecule has 0 fully saturated rings. The van der Waals surface area contributed by atoms with Crippen molar-refractivity contribution in [2.75, 3.05) is 0 Å². The van der Waals surface area contributed by atoms with Gasteiger partial charge in [-0.3, -0.25) is 0 Å². The number of thiophene rings is 1. The summed E-state index contributed by atoms with van der Waals surface area (Å²) in [7, 11) is 0. The highest BCUT2D eigenvalue weighted by Crippen LogP contribution is 2.25. The topological polar surface area (TPSA) is 50.2 Å². The molecule has 0 radical (unpaired) electrons. The Morgan fingerprint density at radius 3 is 3.00 bits per heavy atom. The molecule has 0 aliphatic carbocycles.